The van der Waals surface area contributed by atoms with Crippen molar-refractivity contribution < 1.29 is 18.0 Å². The highest BCUT2D eigenvalue weighted by Crippen LogP contribution is 2.28. The molecule has 0 spiro atoms. The first-order valence-corrected chi connectivity index (χ1v) is 10.6. The molecule has 26 heavy (non-hydrogen) atoms. The molecule has 1 aromatic rings. The van der Waals surface area contributed by atoms with Crippen molar-refractivity contribution in [2.75, 3.05) is 37.0 Å². The molecule has 142 valence electrons. The topological polar surface area (TPSA) is 78.0 Å². The predicted molar refractivity (Wildman–Crippen MR) is 99.2 cm³/mol. The zero-order chi connectivity index (χ0) is 19.1. The predicted octanol–water partition coefficient (Wildman–Crippen LogP) is 0.840. The first kappa shape index (κ1) is 18.8. The molecule has 2 fully saturated rings. The van der Waals surface area contributed by atoms with E-state index >= 15 is 0 Å². The van der Waals surface area contributed by atoms with Crippen LogP contribution in [0, 0.1) is 12.8 Å². The van der Waals surface area contributed by atoms with E-state index in [1.165, 1.54) is 5.01 Å². The Kier molecular flexibility index (Phi) is 5.07. The molecule has 0 unspecified atom stereocenters. The number of hydrogen-bond donors (Lipinski definition) is 0. The van der Waals surface area contributed by atoms with Crippen molar-refractivity contribution in [3.63, 3.8) is 0 Å². The molecule has 2 aliphatic rings. The number of benzene rings is 1. The highest BCUT2D eigenvalue weighted by atomic mass is 32.2. The van der Waals surface area contributed by atoms with E-state index in [1.54, 1.807) is 24.0 Å². The monoisotopic (exact) mass is 379 g/mol. The van der Waals surface area contributed by atoms with Crippen LogP contribution in [0.1, 0.15) is 18.4 Å². The Balaban J connectivity index is 1.76. The first-order chi connectivity index (χ1) is 12.2. The number of aryl methyl sites for hydroxylation is 1. The second-order valence-corrected chi connectivity index (χ2v) is 9.56. The van der Waals surface area contributed by atoms with Gasteiger partial charge in [0, 0.05) is 32.7 Å². The first-order valence-electron chi connectivity index (χ1n) is 8.76. The van der Waals surface area contributed by atoms with Crippen molar-refractivity contribution in [1.82, 2.24) is 10.0 Å². The Labute approximate surface area is 154 Å². The number of hydrazine groups is 1. The highest BCUT2D eigenvalue weighted by Gasteiger charge is 2.42. The van der Waals surface area contributed by atoms with Crippen LogP contribution in [0.5, 0.6) is 0 Å². The molecule has 2 atom stereocenters. The van der Waals surface area contributed by atoms with Gasteiger partial charge in [-0.1, -0.05) is 17.7 Å². The summed E-state index contributed by atoms with van der Waals surface area (Å²) in [4.78, 5) is 27.1. The van der Waals surface area contributed by atoms with Crippen LogP contribution < -0.4 is 4.90 Å². The maximum atomic E-state index is 13.1. The molecule has 3 rings (SSSR count). The quantitative estimate of drug-likeness (QED) is 0.725. The second-order valence-electron chi connectivity index (χ2n) is 7.33. The van der Waals surface area contributed by atoms with Crippen molar-refractivity contribution in [3.05, 3.63) is 29.8 Å². The summed E-state index contributed by atoms with van der Waals surface area (Å²) in [5.74, 6) is -0.632. The molecule has 8 heteroatoms. The molecule has 0 N–H and O–H groups in total. The van der Waals surface area contributed by atoms with Gasteiger partial charge >= 0.3 is 0 Å². The molecule has 0 aromatic heterocycles. The third-order valence-electron chi connectivity index (χ3n) is 5.03. The average molecular weight is 379 g/mol. The minimum Gasteiger partial charge on any atom is -0.312 e. The Morgan fingerprint density at radius 2 is 1.85 bits per heavy atom. The Hall–Kier alpha value is -1.93. The minimum atomic E-state index is -3.10. The number of carbonyl (C=O) groups is 2. The Morgan fingerprint density at radius 3 is 2.38 bits per heavy atom. The van der Waals surface area contributed by atoms with Crippen molar-refractivity contribution >= 4 is 27.3 Å². The van der Waals surface area contributed by atoms with Crippen LogP contribution in [0.25, 0.3) is 0 Å². The van der Waals surface area contributed by atoms with Crippen LogP contribution in [0.2, 0.25) is 0 Å². The Morgan fingerprint density at radius 1 is 1.19 bits per heavy atom. The second kappa shape index (κ2) is 7.00. The number of carbonyl (C=O) groups excluding carboxylic acids is 2. The van der Waals surface area contributed by atoms with Crippen LogP contribution >= 0.6 is 0 Å². The molecule has 7 nitrogen and oxygen atoms in total. The average Bonchev–Trinajstić information content (AvgIpc) is 3.11. The van der Waals surface area contributed by atoms with Crippen LogP contribution in [-0.2, 0) is 19.4 Å². The summed E-state index contributed by atoms with van der Waals surface area (Å²) in [6, 6.07) is 7.28. The summed E-state index contributed by atoms with van der Waals surface area (Å²) < 4.78 is 23.6. The third kappa shape index (κ3) is 3.76. The molecule has 0 bridgehead atoms. The summed E-state index contributed by atoms with van der Waals surface area (Å²) in [6.07, 6.45) is 0.588. The van der Waals surface area contributed by atoms with Crippen LogP contribution in [-0.4, -0.2) is 68.4 Å². The fourth-order valence-corrected chi connectivity index (χ4v) is 5.40. The molecule has 0 radical (unpaired) electrons. The summed E-state index contributed by atoms with van der Waals surface area (Å²) in [5, 5.41) is 3.17. The van der Waals surface area contributed by atoms with Gasteiger partial charge in [-0.3, -0.25) is 14.6 Å². The number of rotatable bonds is 4. The third-order valence-corrected chi connectivity index (χ3v) is 6.78. The number of hydrogen-bond acceptors (Lipinski definition) is 5. The van der Waals surface area contributed by atoms with E-state index in [9.17, 15) is 18.0 Å². The molecule has 1 aromatic carbocycles. The number of nitrogens with zero attached hydrogens (tertiary/aromatic N) is 3. The Bertz CT molecular complexity index is 804. The van der Waals surface area contributed by atoms with E-state index in [1.807, 2.05) is 31.2 Å². The molecule has 2 saturated heterocycles. The number of amides is 2. The van der Waals surface area contributed by atoms with Gasteiger partial charge in [0.05, 0.1) is 23.5 Å². The van der Waals surface area contributed by atoms with Crippen molar-refractivity contribution in [2.45, 2.75) is 25.8 Å². The molecular weight excluding hydrogens is 354 g/mol. The molecular formula is C18H25N3O4S. The van der Waals surface area contributed by atoms with Gasteiger partial charge in [0.25, 0.3) is 0 Å². The molecule has 0 saturated carbocycles. The largest absolute Gasteiger partial charge is 0.312 e. The van der Waals surface area contributed by atoms with Crippen molar-refractivity contribution in [2.24, 2.45) is 5.92 Å². The fraction of sp³-hybridized carbons (Fsp3) is 0.556. The lowest BCUT2D eigenvalue weighted by atomic mass is 10.1. The normalized spacial score (nSPS) is 25.1. The fourth-order valence-electron chi connectivity index (χ4n) is 3.71. The molecule has 2 heterocycles. The van der Waals surface area contributed by atoms with Crippen molar-refractivity contribution in [1.29, 1.82) is 0 Å². The lowest BCUT2D eigenvalue weighted by Gasteiger charge is -2.35. The van der Waals surface area contributed by atoms with Gasteiger partial charge < -0.3 is 4.90 Å². The van der Waals surface area contributed by atoms with Crippen LogP contribution in [0.3, 0.4) is 0 Å². The van der Waals surface area contributed by atoms with Crippen LogP contribution in [0.4, 0.5) is 5.69 Å². The molecule has 2 aliphatic heterocycles. The number of anilines is 1. The minimum absolute atomic E-state index is 0.0146. The summed E-state index contributed by atoms with van der Waals surface area (Å²) >= 11 is 0. The number of sulfone groups is 1. The summed E-state index contributed by atoms with van der Waals surface area (Å²) in [6.45, 7) is 2.30. The molecule has 2 amide bonds. The standard InChI is InChI=1S/C18H25N3O4S/c1-13-4-6-15(7-5-13)20-11-14(10-17(20)22)18(23)21(19(2)3)16-8-9-26(24,25)12-16/h4-7,14,16H,8-12H2,1-3H3/t14-,16+/m1/s1. The zero-order valence-electron chi connectivity index (χ0n) is 15.4. The van der Waals surface area contributed by atoms with E-state index in [0.29, 0.717) is 13.0 Å². The lowest BCUT2D eigenvalue weighted by molar-refractivity contribution is -0.153. The van der Waals surface area contributed by atoms with Gasteiger partial charge in [-0.25, -0.2) is 13.4 Å². The van der Waals surface area contributed by atoms with E-state index < -0.39 is 15.8 Å². The van der Waals surface area contributed by atoms with Gasteiger partial charge in [0.15, 0.2) is 9.84 Å². The van der Waals surface area contributed by atoms with Gasteiger partial charge in [-0.05, 0) is 25.5 Å². The van der Waals surface area contributed by atoms with Gasteiger partial charge in [0.1, 0.15) is 0 Å². The van der Waals surface area contributed by atoms with E-state index in [2.05, 4.69) is 0 Å². The zero-order valence-corrected chi connectivity index (χ0v) is 16.2. The van der Waals surface area contributed by atoms with Gasteiger partial charge in [0.2, 0.25) is 11.8 Å². The SMILES string of the molecule is Cc1ccc(N2C[C@H](C(=O)N([C@H]3CCS(=O)(=O)C3)N(C)C)CC2=O)cc1. The smallest absolute Gasteiger partial charge is 0.242 e. The highest BCUT2D eigenvalue weighted by molar-refractivity contribution is 7.91. The van der Waals surface area contributed by atoms with Gasteiger partial charge in [-0.2, -0.15) is 0 Å². The van der Waals surface area contributed by atoms with E-state index in [0.717, 1.165) is 11.3 Å². The van der Waals surface area contributed by atoms with Crippen LogP contribution in [0.15, 0.2) is 24.3 Å². The molecule has 0 aliphatic carbocycles. The van der Waals surface area contributed by atoms with E-state index in [4.69, 9.17) is 0 Å². The maximum Gasteiger partial charge on any atom is 0.242 e. The maximum absolute atomic E-state index is 13.1. The summed E-state index contributed by atoms with van der Waals surface area (Å²) in [5.41, 5.74) is 1.89. The van der Waals surface area contributed by atoms with Gasteiger partial charge in [-0.15, -0.1) is 0 Å². The van der Waals surface area contributed by atoms with Crippen molar-refractivity contribution in [3.8, 4) is 0 Å². The lowest BCUT2D eigenvalue weighted by Crippen LogP contribution is -2.52. The summed E-state index contributed by atoms with van der Waals surface area (Å²) in [7, 11) is 0.369. The van der Waals surface area contributed by atoms with E-state index in [-0.39, 0.29) is 35.8 Å².